The number of carbonyl (C=O) groups excluding carboxylic acids is 1. The summed E-state index contributed by atoms with van der Waals surface area (Å²) in [4.78, 5) is 38.9. The number of rotatable bonds is 8. The monoisotopic (exact) mass is 472 g/mol. The van der Waals surface area contributed by atoms with Gasteiger partial charge < -0.3 is 9.13 Å². The molecule has 0 amide bonds. The van der Waals surface area contributed by atoms with Crippen molar-refractivity contribution in [3.8, 4) is 0 Å². The Morgan fingerprint density at radius 2 is 1.67 bits per heavy atom. The van der Waals surface area contributed by atoms with E-state index in [-0.39, 0.29) is 29.3 Å². The number of aromatic nitrogens is 3. The van der Waals surface area contributed by atoms with Gasteiger partial charge in [0, 0.05) is 44.1 Å². The van der Waals surface area contributed by atoms with Crippen molar-refractivity contribution in [1.29, 1.82) is 0 Å². The van der Waals surface area contributed by atoms with Crippen LogP contribution in [0.1, 0.15) is 28.7 Å². The van der Waals surface area contributed by atoms with E-state index in [0.717, 1.165) is 20.3 Å². The van der Waals surface area contributed by atoms with Crippen molar-refractivity contribution in [3.63, 3.8) is 0 Å². The zero-order valence-corrected chi connectivity index (χ0v) is 20.3. The Labute approximate surface area is 192 Å². The van der Waals surface area contributed by atoms with Gasteiger partial charge in [0.15, 0.2) is 5.78 Å². The molecule has 1 aromatic carbocycles. The maximum Gasteiger partial charge on any atom is 0.317 e. The fourth-order valence-corrected chi connectivity index (χ4v) is 4.88. The largest absolute Gasteiger partial charge is 0.345 e. The van der Waals surface area contributed by atoms with Crippen LogP contribution in [0, 0.1) is 13.8 Å². The molecule has 0 aliphatic carbocycles. The summed E-state index contributed by atoms with van der Waals surface area (Å²) in [6.07, 6.45) is 1.73. The standard InChI is InChI=1S/C23H28N4O5S/c1-7-11-26-15(3)12-18(16(26)4)21(28)14-27-20-13-17(33(31,32)24(5)6)9-10-19(20)25(8-2)22(29)23(27)30/h7,9-10,12-13H,1,8,11,14H2,2-6H3. The molecule has 9 nitrogen and oxygen atoms in total. The van der Waals surface area contributed by atoms with Crippen molar-refractivity contribution >= 4 is 26.8 Å². The van der Waals surface area contributed by atoms with Gasteiger partial charge in [-0.1, -0.05) is 6.08 Å². The maximum atomic E-state index is 13.2. The highest BCUT2D eigenvalue weighted by Gasteiger charge is 2.22. The molecule has 0 aliphatic rings. The van der Waals surface area contributed by atoms with E-state index in [2.05, 4.69) is 6.58 Å². The number of aryl methyl sites for hydroxylation is 2. The Morgan fingerprint density at radius 3 is 2.24 bits per heavy atom. The van der Waals surface area contributed by atoms with E-state index in [1.165, 1.54) is 36.9 Å². The maximum absolute atomic E-state index is 13.2. The van der Waals surface area contributed by atoms with Crippen LogP contribution < -0.4 is 11.1 Å². The highest BCUT2D eigenvalue weighted by molar-refractivity contribution is 7.89. The third kappa shape index (κ3) is 4.11. The van der Waals surface area contributed by atoms with Crippen LogP contribution in [-0.4, -0.2) is 46.3 Å². The van der Waals surface area contributed by atoms with Gasteiger partial charge in [-0.2, -0.15) is 0 Å². The highest BCUT2D eigenvalue weighted by Crippen LogP contribution is 2.21. The van der Waals surface area contributed by atoms with Gasteiger partial charge in [0.25, 0.3) is 0 Å². The first-order valence-electron chi connectivity index (χ1n) is 10.5. The third-order valence-electron chi connectivity index (χ3n) is 5.78. The number of fused-ring (bicyclic) bond motifs is 1. The second kappa shape index (κ2) is 8.95. The molecular formula is C23H28N4O5S. The predicted molar refractivity (Wildman–Crippen MR) is 127 cm³/mol. The number of hydrogen-bond donors (Lipinski definition) is 0. The Kier molecular flexibility index (Phi) is 6.62. The molecule has 0 saturated heterocycles. The fourth-order valence-electron chi connectivity index (χ4n) is 3.96. The van der Waals surface area contributed by atoms with Crippen molar-refractivity contribution in [2.24, 2.45) is 0 Å². The van der Waals surface area contributed by atoms with E-state index in [9.17, 15) is 22.8 Å². The van der Waals surface area contributed by atoms with Gasteiger partial charge >= 0.3 is 11.1 Å². The van der Waals surface area contributed by atoms with Crippen molar-refractivity contribution in [1.82, 2.24) is 18.0 Å². The number of nitrogens with zero attached hydrogens (tertiary/aromatic N) is 4. The van der Waals surface area contributed by atoms with Crippen molar-refractivity contribution in [3.05, 3.63) is 74.6 Å². The molecule has 0 N–H and O–H groups in total. The first kappa shape index (κ1) is 24.4. The van der Waals surface area contributed by atoms with Crippen molar-refractivity contribution in [2.45, 2.75) is 45.3 Å². The van der Waals surface area contributed by atoms with Crippen LogP contribution in [0.3, 0.4) is 0 Å². The molecule has 176 valence electrons. The Bertz CT molecular complexity index is 1490. The Balaban J connectivity index is 2.26. The summed E-state index contributed by atoms with van der Waals surface area (Å²) in [6.45, 7) is 9.49. The molecule has 2 aromatic heterocycles. The van der Waals surface area contributed by atoms with E-state index < -0.39 is 21.1 Å². The molecular weight excluding hydrogens is 444 g/mol. The lowest BCUT2D eigenvalue weighted by Crippen LogP contribution is -2.42. The average Bonchev–Trinajstić information content (AvgIpc) is 3.05. The third-order valence-corrected chi connectivity index (χ3v) is 7.60. The second-order valence-electron chi connectivity index (χ2n) is 7.99. The summed E-state index contributed by atoms with van der Waals surface area (Å²) < 4.78 is 30.7. The minimum atomic E-state index is -3.79. The first-order chi connectivity index (χ1) is 15.4. The van der Waals surface area contributed by atoms with Crippen molar-refractivity contribution in [2.75, 3.05) is 14.1 Å². The summed E-state index contributed by atoms with van der Waals surface area (Å²) in [5, 5.41) is 0. The molecule has 2 heterocycles. The Hall–Kier alpha value is -3.24. The highest BCUT2D eigenvalue weighted by atomic mass is 32.2. The van der Waals surface area contributed by atoms with E-state index in [4.69, 9.17) is 0 Å². The molecule has 10 heteroatoms. The second-order valence-corrected chi connectivity index (χ2v) is 10.1. The van der Waals surface area contributed by atoms with E-state index >= 15 is 0 Å². The topological polar surface area (TPSA) is 103 Å². The molecule has 0 atom stereocenters. The zero-order valence-electron chi connectivity index (χ0n) is 19.5. The van der Waals surface area contributed by atoms with Gasteiger partial charge in [0.1, 0.15) is 0 Å². The van der Waals surface area contributed by atoms with Crippen LogP contribution in [-0.2, 0) is 29.7 Å². The molecule has 0 saturated carbocycles. The zero-order chi connectivity index (χ0) is 24.7. The normalized spacial score (nSPS) is 11.9. The fraction of sp³-hybridized carbons (Fsp3) is 0.348. The lowest BCUT2D eigenvalue weighted by Gasteiger charge is -2.16. The van der Waals surface area contributed by atoms with Crippen LogP contribution in [0.15, 0.2) is 51.4 Å². The molecule has 3 rings (SSSR count). The minimum Gasteiger partial charge on any atom is -0.345 e. The summed E-state index contributed by atoms with van der Waals surface area (Å²) in [5.41, 5.74) is 0.977. The van der Waals surface area contributed by atoms with Crippen LogP contribution in [0.2, 0.25) is 0 Å². The molecule has 3 aromatic rings. The number of Topliss-reactive ketones (excluding diaryl/α,β-unsaturated/α-hetero) is 1. The summed E-state index contributed by atoms with van der Waals surface area (Å²) in [7, 11) is -0.981. The number of sulfonamides is 1. The van der Waals surface area contributed by atoms with Gasteiger partial charge in [-0.05, 0) is 45.0 Å². The Morgan fingerprint density at radius 1 is 1.03 bits per heavy atom. The van der Waals surface area contributed by atoms with Crippen LogP contribution in [0.25, 0.3) is 11.0 Å². The van der Waals surface area contributed by atoms with Gasteiger partial charge in [-0.15, -0.1) is 6.58 Å². The molecule has 0 unspecified atom stereocenters. The van der Waals surface area contributed by atoms with Crippen molar-refractivity contribution < 1.29 is 13.2 Å². The molecule has 33 heavy (non-hydrogen) atoms. The molecule has 0 radical (unpaired) electrons. The van der Waals surface area contributed by atoms with Gasteiger partial charge in [0.2, 0.25) is 10.0 Å². The van der Waals surface area contributed by atoms with Crippen LogP contribution in [0.4, 0.5) is 0 Å². The summed E-state index contributed by atoms with van der Waals surface area (Å²) in [5.74, 6) is -0.351. The lowest BCUT2D eigenvalue weighted by molar-refractivity contribution is 0.0971. The molecule has 0 spiro atoms. The molecule has 0 aliphatic heterocycles. The van der Waals surface area contributed by atoms with Gasteiger partial charge in [-0.25, -0.2) is 12.7 Å². The number of allylic oxidation sites excluding steroid dienone is 1. The van der Waals surface area contributed by atoms with E-state index in [0.29, 0.717) is 17.6 Å². The smallest absolute Gasteiger partial charge is 0.317 e. The quantitative estimate of drug-likeness (QED) is 0.283. The van der Waals surface area contributed by atoms with Crippen LogP contribution in [0.5, 0.6) is 0 Å². The summed E-state index contributed by atoms with van der Waals surface area (Å²) in [6, 6.07) is 5.96. The van der Waals surface area contributed by atoms with Gasteiger partial charge in [-0.3, -0.25) is 19.0 Å². The molecule has 0 bridgehead atoms. The lowest BCUT2D eigenvalue weighted by atomic mass is 10.1. The predicted octanol–water partition coefficient (Wildman–Crippen LogP) is 1.92. The first-order valence-corrected chi connectivity index (χ1v) is 11.9. The van der Waals surface area contributed by atoms with Gasteiger partial charge in [0.05, 0.1) is 22.5 Å². The van der Waals surface area contributed by atoms with E-state index in [1.54, 1.807) is 26.0 Å². The summed E-state index contributed by atoms with van der Waals surface area (Å²) >= 11 is 0. The average molecular weight is 473 g/mol. The minimum absolute atomic E-state index is 0.0361. The van der Waals surface area contributed by atoms with E-state index in [1.807, 2.05) is 11.5 Å². The number of carbonyl (C=O) groups is 1. The molecule has 0 fully saturated rings. The number of hydrogen-bond acceptors (Lipinski definition) is 5. The SMILES string of the molecule is C=CCn1c(C)cc(C(=O)Cn2c(=O)c(=O)n(CC)c3ccc(S(=O)(=O)N(C)C)cc32)c1C. The van der Waals surface area contributed by atoms with Crippen LogP contribution >= 0.6 is 0 Å². The number of benzene rings is 1. The number of ketones is 1.